The Labute approximate surface area is 136 Å². The van der Waals surface area contributed by atoms with E-state index in [-0.39, 0.29) is 5.75 Å². The van der Waals surface area contributed by atoms with E-state index in [1.54, 1.807) is 42.5 Å². The van der Waals surface area contributed by atoms with Gasteiger partial charge in [-0.1, -0.05) is 35.3 Å². The monoisotopic (exact) mass is 393 g/mol. The first kappa shape index (κ1) is 15.6. The molecule has 0 amide bonds. The van der Waals surface area contributed by atoms with E-state index in [2.05, 4.69) is 20.7 Å². The molecular formula is C13H10BrCl2NO2S. The third-order valence-corrected chi connectivity index (χ3v) is 5.21. The van der Waals surface area contributed by atoms with Gasteiger partial charge >= 0.3 is 0 Å². The minimum atomic E-state index is -3.50. The third-order valence-electron chi connectivity index (χ3n) is 2.46. The first-order valence-corrected chi connectivity index (χ1v) is 8.76. The molecule has 0 unspecified atom stereocenters. The van der Waals surface area contributed by atoms with Crippen LogP contribution in [-0.2, 0) is 15.8 Å². The van der Waals surface area contributed by atoms with Crippen LogP contribution in [0.4, 0.5) is 5.69 Å². The molecule has 0 aromatic heterocycles. The Morgan fingerprint density at radius 2 is 1.70 bits per heavy atom. The lowest BCUT2D eigenvalue weighted by Crippen LogP contribution is -2.15. The number of hydrogen-bond donors (Lipinski definition) is 1. The second kappa shape index (κ2) is 6.35. The lowest BCUT2D eigenvalue weighted by atomic mass is 10.2. The highest BCUT2D eigenvalue weighted by atomic mass is 79.9. The molecule has 0 spiro atoms. The zero-order chi connectivity index (χ0) is 14.8. The van der Waals surface area contributed by atoms with E-state index in [0.29, 0.717) is 25.8 Å². The van der Waals surface area contributed by atoms with Crippen LogP contribution in [0.5, 0.6) is 0 Å². The predicted octanol–water partition coefficient (Wildman–Crippen LogP) is 4.70. The smallest absolute Gasteiger partial charge is 0.236 e. The summed E-state index contributed by atoms with van der Waals surface area (Å²) in [6, 6.07) is 11.5. The summed E-state index contributed by atoms with van der Waals surface area (Å²) < 4.78 is 27.3. The predicted molar refractivity (Wildman–Crippen MR) is 86.9 cm³/mol. The van der Waals surface area contributed by atoms with Gasteiger partial charge in [-0.05, 0) is 51.8 Å². The Morgan fingerprint density at radius 3 is 2.30 bits per heavy atom. The largest absolute Gasteiger partial charge is 0.283 e. The van der Waals surface area contributed by atoms with Crippen LogP contribution in [0.3, 0.4) is 0 Å². The third kappa shape index (κ3) is 4.38. The molecule has 0 bridgehead atoms. The molecule has 2 rings (SSSR count). The Balaban J connectivity index is 2.14. The minimum Gasteiger partial charge on any atom is -0.283 e. The molecule has 0 aliphatic carbocycles. The van der Waals surface area contributed by atoms with Crippen molar-refractivity contribution in [3.8, 4) is 0 Å². The van der Waals surface area contributed by atoms with E-state index >= 15 is 0 Å². The maximum absolute atomic E-state index is 12.1. The van der Waals surface area contributed by atoms with Crippen LogP contribution in [0.2, 0.25) is 10.0 Å². The number of nitrogens with one attached hydrogen (secondary N) is 1. The second-order valence-corrected chi connectivity index (χ2v) is 7.54. The highest BCUT2D eigenvalue weighted by molar-refractivity contribution is 9.10. The van der Waals surface area contributed by atoms with Crippen LogP contribution in [0.25, 0.3) is 0 Å². The Morgan fingerprint density at radius 1 is 1.05 bits per heavy atom. The topological polar surface area (TPSA) is 46.2 Å². The van der Waals surface area contributed by atoms with E-state index < -0.39 is 10.0 Å². The fourth-order valence-electron chi connectivity index (χ4n) is 1.58. The van der Waals surface area contributed by atoms with E-state index in [0.717, 1.165) is 0 Å². The molecule has 0 radical (unpaired) electrons. The molecule has 2 aromatic rings. The zero-order valence-corrected chi connectivity index (χ0v) is 14.0. The highest BCUT2D eigenvalue weighted by Crippen LogP contribution is 2.26. The molecule has 7 heteroatoms. The van der Waals surface area contributed by atoms with Gasteiger partial charge in [0.2, 0.25) is 10.0 Å². The molecule has 20 heavy (non-hydrogen) atoms. The van der Waals surface area contributed by atoms with Crippen LogP contribution >= 0.6 is 39.1 Å². The van der Waals surface area contributed by atoms with Gasteiger partial charge in [0.15, 0.2) is 0 Å². The molecule has 0 heterocycles. The van der Waals surface area contributed by atoms with Gasteiger partial charge in [0.1, 0.15) is 0 Å². The van der Waals surface area contributed by atoms with Crippen molar-refractivity contribution in [3.05, 3.63) is 62.5 Å². The van der Waals surface area contributed by atoms with Gasteiger partial charge in [0.05, 0.1) is 16.5 Å². The van der Waals surface area contributed by atoms with Gasteiger partial charge < -0.3 is 0 Å². The molecule has 3 nitrogen and oxygen atoms in total. The summed E-state index contributed by atoms with van der Waals surface area (Å²) in [7, 11) is -3.50. The number of sulfonamides is 1. The van der Waals surface area contributed by atoms with Crippen LogP contribution in [-0.4, -0.2) is 8.42 Å². The summed E-state index contributed by atoms with van der Waals surface area (Å²) >= 11 is 14.9. The highest BCUT2D eigenvalue weighted by Gasteiger charge is 2.12. The lowest BCUT2D eigenvalue weighted by molar-refractivity contribution is 0.600. The summed E-state index contributed by atoms with van der Waals surface area (Å²) in [5.41, 5.74) is 1.08. The molecule has 106 valence electrons. The van der Waals surface area contributed by atoms with Crippen molar-refractivity contribution in [1.82, 2.24) is 0 Å². The van der Waals surface area contributed by atoms with Crippen molar-refractivity contribution < 1.29 is 8.42 Å². The van der Waals surface area contributed by atoms with Gasteiger partial charge in [0.25, 0.3) is 0 Å². The standard InChI is InChI=1S/C13H10BrCl2NO2S/c14-12-6-5-11(7-13(12)16)17-20(18,19)8-9-1-3-10(15)4-2-9/h1-7,17H,8H2. The average Bonchev–Trinajstić information content (AvgIpc) is 2.36. The van der Waals surface area contributed by atoms with E-state index in [1.165, 1.54) is 0 Å². The fraction of sp³-hybridized carbons (Fsp3) is 0.0769. The molecule has 0 saturated carbocycles. The maximum atomic E-state index is 12.1. The number of benzene rings is 2. The molecular weight excluding hydrogens is 385 g/mol. The van der Waals surface area contributed by atoms with Crippen LogP contribution in [0.15, 0.2) is 46.9 Å². The van der Waals surface area contributed by atoms with Crippen molar-refractivity contribution in [2.24, 2.45) is 0 Å². The average molecular weight is 395 g/mol. The molecule has 0 aliphatic heterocycles. The number of anilines is 1. The number of halogens is 3. The Kier molecular flexibility index (Phi) is 4.96. The van der Waals surface area contributed by atoms with Gasteiger partial charge in [0, 0.05) is 9.50 Å². The molecule has 0 aliphatic rings. The van der Waals surface area contributed by atoms with Crippen molar-refractivity contribution in [1.29, 1.82) is 0 Å². The van der Waals surface area contributed by atoms with E-state index in [1.807, 2.05) is 0 Å². The minimum absolute atomic E-state index is 0.127. The maximum Gasteiger partial charge on any atom is 0.236 e. The number of rotatable bonds is 4. The van der Waals surface area contributed by atoms with E-state index in [4.69, 9.17) is 23.2 Å². The van der Waals surface area contributed by atoms with Crippen molar-refractivity contribution >= 4 is 54.8 Å². The summed E-state index contributed by atoms with van der Waals surface area (Å²) in [5, 5.41) is 1.01. The van der Waals surface area contributed by atoms with Gasteiger partial charge in [-0.15, -0.1) is 0 Å². The molecule has 0 atom stereocenters. The van der Waals surface area contributed by atoms with Crippen molar-refractivity contribution in [3.63, 3.8) is 0 Å². The van der Waals surface area contributed by atoms with Crippen LogP contribution in [0.1, 0.15) is 5.56 Å². The quantitative estimate of drug-likeness (QED) is 0.816. The lowest BCUT2D eigenvalue weighted by Gasteiger charge is -2.09. The number of hydrogen-bond acceptors (Lipinski definition) is 2. The van der Waals surface area contributed by atoms with E-state index in [9.17, 15) is 8.42 Å². The SMILES string of the molecule is O=S(=O)(Cc1ccc(Cl)cc1)Nc1ccc(Br)c(Cl)c1. The molecule has 2 aromatic carbocycles. The van der Waals surface area contributed by atoms with Crippen molar-refractivity contribution in [2.45, 2.75) is 5.75 Å². The molecule has 0 fully saturated rings. The summed E-state index contributed by atoms with van der Waals surface area (Å²) in [6.45, 7) is 0. The van der Waals surface area contributed by atoms with Gasteiger partial charge in [-0.2, -0.15) is 0 Å². The van der Waals surface area contributed by atoms with Gasteiger partial charge in [-0.3, -0.25) is 4.72 Å². The normalized spacial score (nSPS) is 11.3. The summed E-state index contributed by atoms with van der Waals surface area (Å²) in [5.74, 6) is -0.127. The van der Waals surface area contributed by atoms with Crippen LogP contribution < -0.4 is 4.72 Å². The van der Waals surface area contributed by atoms with Gasteiger partial charge in [-0.25, -0.2) is 8.42 Å². The zero-order valence-electron chi connectivity index (χ0n) is 10.1. The summed E-state index contributed by atoms with van der Waals surface area (Å²) in [6.07, 6.45) is 0. The first-order valence-electron chi connectivity index (χ1n) is 5.56. The molecule has 0 saturated heterocycles. The van der Waals surface area contributed by atoms with Crippen molar-refractivity contribution in [2.75, 3.05) is 4.72 Å². The summed E-state index contributed by atoms with van der Waals surface area (Å²) in [4.78, 5) is 0. The second-order valence-electron chi connectivity index (χ2n) is 4.12. The van der Waals surface area contributed by atoms with Crippen LogP contribution in [0, 0.1) is 0 Å². The first-order chi connectivity index (χ1) is 9.35. The Hall–Kier alpha value is -0.750. The fourth-order valence-corrected chi connectivity index (χ4v) is 3.32. The molecule has 1 N–H and O–H groups in total. The Bertz CT molecular complexity index is 718.